The van der Waals surface area contributed by atoms with Crippen LogP contribution in [0.4, 0.5) is 0 Å². The minimum Gasteiger partial charge on any atom is -0.315 e. The molecule has 0 saturated carbocycles. The maximum Gasteiger partial charge on any atom is 0.0578 e. The molecule has 2 rings (SSSR count). The van der Waals surface area contributed by atoms with Crippen LogP contribution < -0.4 is 5.32 Å². The van der Waals surface area contributed by atoms with Crippen molar-refractivity contribution in [2.45, 2.75) is 45.6 Å². The highest BCUT2D eigenvalue weighted by Crippen LogP contribution is 2.25. The molecule has 0 amide bonds. The third-order valence-corrected chi connectivity index (χ3v) is 3.90. The van der Waals surface area contributed by atoms with Crippen LogP contribution in [0.25, 0.3) is 0 Å². The molecule has 106 valence electrons. The van der Waals surface area contributed by atoms with Gasteiger partial charge in [0.15, 0.2) is 0 Å². The first kappa shape index (κ1) is 14.5. The molecule has 2 heterocycles. The van der Waals surface area contributed by atoms with E-state index in [-0.39, 0.29) is 0 Å². The van der Waals surface area contributed by atoms with Crippen molar-refractivity contribution < 1.29 is 0 Å². The van der Waals surface area contributed by atoms with E-state index in [0.717, 1.165) is 25.3 Å². The van der Waals surface area contributed by atoms with E-state index in [1.807, 2.05) is 0 Å². The van der Waals surface area contributed by atoms with Crippen molar-refractivity contribution in [3.63, 3.8) is 0 Å². The van der Waals surface area contributed by atoms with Crippen LogP contribution in [0.3, 0.4) is 0 Å². The van der Waals surface area contributed by atoms with E-state index >= 15 is 0 Å². The number of hydrogen-bond donors (Lipinski definition) is 1. The van der Waals surface area contributed by atoms with Crippen LogP contribution in [-0.2, 0) is 0 Å². The second kappa shape index (κ2) is 7.61. The molecule has 3 nitrogen and oxygen atoms in total. The summed E-state index contributed by atoms with van der Waals surface area (Å²) in [5.41, 5.74) is 2.39. The number of aryl methyl sites for hydroxylation is 1. The van der Waals surface area contributed by atoms with Gasteiger partial charge in [-0.3, -0.25) is 9.88 Å². The van der Waals surface area contributed by atoms with Crippen molar-refractivity contribution in [2.75, 3.05) is 26.2 Å². The van der Waals surface area contributed by atoms with Crippen LogP contribution in [0.1, 0.15) is 50.0 Å². The summed E-state index contributed by atoms with van der Waals surface area (Å²) in [5.74, 6) is 0. The molecule has 1 aliphatic rings. The fraction of sp³-hybridized carbons (Fsp3) is 0.688. The Labute approximate surface area is 117 Å². The lowest BCUT2D eigenvalue weighted by atomic mass is 10.0. The molecule has 0 spiro atoms. The molecule has 1 aliphatic heterocycles. The number of pyridine rings is 1. The average molecular weight is 261 g/mol. The first-order valence-corrected chi connectivity index (χ1v) is 7.69. The van der Waals surface area contributed by atoms with Gasteiger partial charge in [-0.1, -0.05) is 25.8 Å². The number of hydrogen-bond acceptors (Lipinski definition) is 3. The molecule has 1 unspecified atom stereocenters. The fourth-order valence-corrected chi connectivity index (χ4v) is 2.84. The molecule has 1 aromatic heterocycles. The number of nitrogens with zero attached hydrogens (tertiary/aromatic N) is 2. The highest BCUT2D eigenvalue weighted by molar-refractivity contribution is 5.14. The van der Waals surface area contributed by atoms with Gasteiger partial charge in [0.25, 0.3) is 0 Å². The molecule has 1 aromatic rings. The summed E-state index contributed by atoms with van der Waals surface area (Å²) in [6, 6.07) is 6.93. The zero-order chi connectivity index (χ0) is 13.5. The summed E-state index contributed by atoms with van der Waals surface area (Å²) in [5, 5.41) is 3.49. The Bertz CT molecular complexity index is 370. The molecule has 1 N–H and O–H groups in total. The Balaban J connectivity index is 2.13. The lowest BCUT2D eigenvalue weighted by Gasteiger charge is -2.30. The van der Waals surface area contributed by atoms with E-state index in [4.69, 9.17) is 4.98 Å². The topological polar surface area (TPSA) is 28.2 Å². The highest BCUT2D eigenvalue weighted by Gasteiger charge is 2.21. The second-order valence-corrected chi connectivity index (χ2v) is 5.50. The zero-order valence-electron chi connectivity index (χ0n) is 12.4. The van der Waals surface area contributed by atoms with Gasteiger partial charge >= 0.3 is 0 Å². The average Bonchev–Trinajstić information content (AvgIpc) is 2.68. The molecule has 1 fully saturated rings. The van der Waals surface area contributed by atoms with Gasteiger partial charge in [0.05, 0.1) is 11.7 Å². The van der Waals surface area contributed by atoms with Gasteiger partial charge in [0, 0.05) is 25.3 Å². The first-order valence-electron chi connectivity index (χ1n) is 7.69. The molecular weight excluding hydrogens is 234 g/mol. The van der Waals surface area contributed by atoms with Crippen molar-refractivity contribution in [2.24, 2.45) is 0 Å². The molecular formula is C16H27N3. The molecule has 0 aliphatic carbocycles. The lowest BCUT2D eigenvalue weighted by molar-refractivity contribution is 0.193. The molecule has 0 radical (unpaired) electrons. The standard InChI is InChI=1S/C16H27N3/c1-3-4-9-16(15-8-5-7-14(2)18-15)19-12-6-10-17-11-13-19/h5,7-8,16-17H,3-4,6,9-13H2,1-2H3. The maximum atomic E-state index is 4.77. The quantitative estimate of drug-likeness (QED) is 0.883. The van der Waals surface area contributed by atoms with Gasteiger partial charge in [-0.15, -0.1) is 0 Å². The summed E-state index contributed by atoms with van der Waals surface area (Å²) in [7, 11) is 0. The van der Waals surface area contributed by atoms with Crippen LogP contribution in [0, 0.1) is 6.92 Å². The van der Waals surface area contributed by atoms with Crippen LogP contribution in [0.2, 0.25) is 0 Å². The smallest absolute Gasteiger partial charge is 0.0578 e. The Kier molecular flexibility index (Phi) is 5.80. The SMILES string of the molecule is CCCCC(c1cccc(C)n1)N1CCCNCC1. The summed E-state index contributed by atoms with van der Waals surface area (Å²) < 4.78 is 0. The van der Waals surface area contributed by atoms with Crippen molar-refractivity contribution in [1.29, 1.82) is 0 Å². The fourth-order valence-electron chi connectivity index (χ4n) is 2.84. The van der Waals surface area contributed by atoms with Crippen LogP contribution in [-0.4, -0.2) is 36.1 Å². The molecule has 1 atom stereocenters. The number of aromatic nitrogens is 1. The minimum atomic E-state index is 0.500. The normalized spacial score (nSPS) is 19.1. The number of rotatable bonds is 5. The van der Waals surface area contributed by atoms with Gasteiger partial charge in [0.1, 0.15) is 0 Å². The monoisotopic (exact) mass is 261 g/mol. The van der Waals surface area contributed by atoms with Crippen molar-refractivity contribution >= 4 is 0 Å². The van der Waals surface area contributed by atoms with Gasteiger partial charge in [-0.05, 0) is 38.4 Å². The van der Waals surface area contributed by atoms with Crippen molar-refractivity contribution in [3.8, 4) is 0 Å². The minimum absolute atomic E-state index is 0.500. The Morgan fingerprint density at radius 1 is 1.32 bits per heavy atom. The Morgan fingerprint density at radius 2 is 2.21 bits per heavy atom. The van der Waals surface area contributed by atoms with Crippen molar-refractivity contribution in [1.82, 2.24) is 15.2 Å². The summed E-state index contributed by atoms with van der Waals surface area (Å²) in [4.78, 5) is 7.39. The van der Waals surface area contributed by atoms with Crippen LogP contribution >= 0.6 is 0 Å². The van der Waals surface area contributed by atoms with Gasteiger partial charge in [0.2, 0.25) is 0 Å². The molecule has 3 heteroatoms. The summed E-state index contributed by atoms with van der Waals surface area (Å²) >= 11 is 0. The predicted octanol–water partition coefficient (Wildman–Crippen LogP) is 2.92. The van der Waals surface area contributed by atoms with Crippen molar-refractivity contribution in [3.05, 3.63) is 29.6 Å². The van der Waals surface area contributed by atoms with Gasteiger partial charge in [-0.25, -0.2) is 0 Å². The Hall–Kier alpha value is -0.930. The van der Waals surface area contributed by atoms with Crippen LogP contribution in [0.15, 0.2) is 18.2 Å². The highest BCUT2D eigenvalue weighted by atomic mass is 15.2. The van der Waals surface area contributed by atoms with E-state index in [0.29, 0.717) is 6.04 Å². The maximum absolute atomic E-state index is 4.77. The van der Waals surface area contributed by atoms with E-state index < -0.39 is 0 Å². The van der Waals surface area contributed by atoms with E-state index in [1.54, 1.807) is 0 Å². The summed E-state index contributed by atoms with van der Waals surface area (Å²) in [6.45, 7) is 8.95. The molecule has 19 heavy (non-hydrogen) atoms. The molecule has 0 bridgehead atoms. The first-order chi connectivity index (χ1) is 9.31. The summed E-state index contributed by atoms with van der Waals surface area (Å²) in [6.07, 6.45) is 5.01. The van der Waals surface area contributed by atoms with Crippen LogP contribution in [0.5, 0.6) is 0 Å². The Morgan fingerprint density at radius 3 is 3.00 bits per heavy atom. The van der Waals surface area contributed by atoms with Gasteiger partial charge in [-0.2, -0.15) is 0 Å². The molecule has 0 aromatic carbocycles. The third kappa shape index (κ3) is 4.29. The van der Waals surface area contributed by atoms with E-state index in [1.165, 1.54) is 37.9 Å². The zero-order valence-corrected chi connectivity index (χ0v) is 12.4. The number of nitrogens with one attached hydrogen (secondary N) is 1. The lowest BCUT2D eigenvalue weighted by Crippen LogP contribution is -2.33. The van der Waals surface area contributed by atoms with E-state index in [9.17, 15) is 0 Å². The molecule has 1 saturated heterocycles. The predicted molar refractivity (Wildman–Crippen MR) is 80.3 cm³/mol. The largest absolute Gasteiger partial charge is 0.315 e. The third-order valence-electron chi connectivity index (χ3n) is 3.90. The van der Waals surface area contributed by atoms with E-state index in [2.05, 4.69) is 42.3 Å². The van der Waals surface area contributed by atoms with Gasteiger partial charge < -0.3 is 5.32 Å². The second-order valence-electron chi connectivity index (χ2n) is 5.50. The number of unbranched alkanes of at least 4 members (excludes halogenated alkanes) is 1.